The molecule has 1 aliphatic heterocycles. The van der Waals surface area contributed by atoms with Crippen molar-refractivity contribution in [2.45, 2.75) is 75.3 Å². The fourth-order valence-corrected chi connectivity index (χ4v) is 6.44. The molecular formula is C24H35N3O4S. The Hall–Kier alpha value is -1.93. The molecule has 2 saturated carbocycles. The lowest BCUT2D eigenvalue weighted by Gasteiger charge is -2.37. The van der Waals surface area contributed by atoms with Gasteiger partial charge in [0.25, 0.3) is 0 Å². The summed E-state index contributed by atoms with van der Waals surface area (Å²) in [6.45, 7) is 3.58. The zero-order valence-electron chi connectivity index (χ0n) is 19.0. The van der Waals surface area contributed by atoms with Crippen LogP contribution in [0.15, 0.2) is 35.2 Å². The lowest BCUT2D eigenvalue weighted by molar-refractivity contribution is -0.139. The van der Waals surface area contributed by atoms with E-state index in [-0.39, 0.29) is 42.6 Å². The topological polar surface area (TPSA) is 78.0 Å². The standard InChI is InChI=1S/C24H35N3O4S/c1-19-7-9-20(10-8-19)27(21-11-12-21)24(29)14-13-23(28)25-15-17-26(18-16-25)32(30,31)22-5-3-2-4-6-22/h2-6,19-21H,7-18H2,1H3. The number of carbonyl (C=O) groups is 2. The van der Waals surface area contributed by atoms with E-state index in [9.17, 15) is 18.0 Å². The van der Waals surface area contributed by atoms with Gasteiger partial charge in [0.15, 0.2) is 0 Å². The second-order valence-corrected chi connectivity index (χ2v) is 11.5. The zero-order valence-corrected chi connectivity index (χ0v) is 19.8. The quantitative estimate of drug-likeness (QED) is 0.626. The summed E-state index contributed by atoms with van der Waals surface area (Å²) in [5.41, 5.74) is 0. The van der Waals surface area contributed by atoms with E-state index in [4.69, 9.17) is 0 Å². The van der Waals surface area contributed by atoms with Gasteiger partial charge in [-0.2, -0.15) is 4.31 Å². The molecule has 1 heterocycles. The van der Waals surface area contributed by atoms with Crippen molar-refractivity contribution in [2.75, 3.05) is 26.2 Å². The highest BCUT2D eigenvalue weighted by Gasteiger charge is 2.38. The highest BCUT2D eigenvalue weighted by Crippen LogP contribution is 2.35. The van der Waals surface area contributed by atoms with E-state index < -0.39 is 10.0 Å². The second kappa shape index (κ2) is 9.91. The van der Waals surface area contributed by atoms with Gasteiger partial charge >= 0.3 is 0 Å². The Kier molecular flexibility index (Phi) is 7.20. The summed E-state index contributed by atoms with van der Waals surface area (Å²) >= 11 is 0. The van der Waals surface area contributed by atoms with Crippen LogP contribution in [0.25, 0.3) is 0 Å². The largest absolute Gasteiger partial charge is 0.340 e. The summed E-state index contributed by atoms with van der Waals surface area (Å²) in [6, 6.07) is 9.12. The van der Waals surface area contributed by atoms with Crippen LogP contribution in [0, 0.1) is 5.92 Å². The molecule has 0 N–H and O–H groups in total. The number of amides is 2. The molecule has 3 fully saturated rings. The highest BCUT2D eigenvalue weighted by molar-refractivity contribution is 7.89. The van der Waals surface area contributed by atoms with Crippen LogP contribution in [0.1, 0.15) is 58.3 Å². The molecule has 1 aromatic carbocycles. The van der Waals surface area contributed by atoms with Crippen molar-refractivity contribution in [1.82, 2.24) is 14.1 Å². The molecule has 176 valence electrons. The minimum atomic E-state index is -3.53. The van der Waals surface area contributed by atoms with Crippen molar-refractivity contribution >= 4 is 21.8 Å². The van der Waals surface area contributed by atoms with Crippen molar-refractivity contribution < 1.29 is 18.0 Å². The molecule has 1 saturated heterocycles. The van der Waals surface area contributed by atoms with E-state index in [2.05, 4.69) is 11.8 Å². The van der Waals surface area contributed by atoms with Crippen LogP contribution in [-0.4, -0.2) is 72.6 Å². The molecule has 0 bridgehead atoms. The number of sulfonamides is 1. The summed E-state index contributed by atoms with van der Waals surface area (Å²) in [7, 11) is -3.53. The molecule has 0 spiro atoms. The van der Waals surface area contributed by atoms with Crippen LogP contribution in [0.4, 0.5) is 0 Å². The third-order valence-electron chi connectivity index (χ3n) is 7.13. The Balaban J connectivity index is 1.26. The number of rotatable bonds is 7. The summed E-state index contributed by atoms with van der Waals surface area (Å²) < 4.78 is 27.0. The molecule has 0 unspecified atom stereocenters. The highest BCUT2D eigenvalue weighted by atomic mass is 32.2. The Morgan fingerprint density at radius 1 is 0.875 bits per heavy atom. The first-order chi connectivity index (χ1) is 15.4. The monoisotopic (exact) mass is 461 g/mol. The van der Waals surface area contributed by atoms with Crippen molar-refractivity contribution in [3.63, 3.8) is 0 Å². The average Bonchev–Trinajstić information content (AvgIpc) is 3.65. The number of hydrogen-bond acceptors (Lipinski definition) is 4. The normalized spacial score (nSPS) is 24.8. The minimum Gasteiger partial charge on any atom is -0.340 e. The van der Waals surface area contributed by atoms with Crippen molar-refractivity contribution in [1.29, 1.82) is 0 Å². The number of carbonyl (C=O) groups excluding carboxylic acids is 2. The number of benzene rings is 1. The molecule has 2 aliphatic carbocycles. The molecule has 1 aromatic rings. The van der Waals surface area contributed by atoms with Crippen molar-refractivity contribution in [2.24, 2.45) is 5.92 Å². The van der Waals surface area contributed by atoms with E-state index in [1.54, 1.807) is 35.2 Å². The summed E-state index contributed by atoms with van der Waals surface area (Å²) in [5.74, 6) is 0.808. The first kappa shape index (κ1) is 23.2. The SMILES string of the molecule is CC1CCC(N(C(=O)CCC(=O)N2CCN(S(=O)(=O)c3ccccc3)CC2)C2CC2)CC1. The first-order valence-corrected chi connectivity index (χ1v) is 13.4. The van der Waals surface area contributed by atoms with Gasteiger partial charge in [0.1, 0.15) is 0 Å². The lowest BCUT2D eigenvalue weighted by Crippen LogP contribution is -2.50. The van der Waals surface area contributed by atoms with Gasteiger partial charge in [-0.15, -0.1) is 0 Å². The van der Waals surface area contributed by atoms with Crippen LogP contribution in [0.3, 0.4) is 0 Å². The van der Waals surface area contributed by atoms with Crippen LogP contribution >= 0.6 is 0 Å². The van der Waals surface area contributed by atoms with E-state index in [0.717, 1.165) is 31.6 Å². The number of nitrogens with zero attached hydrogens (tertiary/aromatic N) is 3. The maximum atomic E-state index is 13.0. The van der Waals surface area contributed by atoms with Gasteiger partial charge in [0.05, 0.1) is 4.90 Å². The second-order valence-electron chi connectivity index (χ2n) is 9.54. The van der Waals surface area contributed by atoms with Crippen LogP contribution in [0.2, 0.25) is 0 Å². The fourth-order valence-electron chi connectivity index (χ4n) is 5.00. The third-order valence-corrected chi connectivity index (χ3v) is 9.04. The van der Waals surface area contributed by atoms with Gasteiger partial charge < -0.3 is 9.80 Å². The van der Waals surface area contributed by atoms with Gasteiger partial charge in [-0.25, -0.2) is 8.42 Å². The van der Waals surface area contributed by atoms with E-state index in [1.165, 1.54) is 17.1 Å². The van der Waals surface area contributed by atoms with E-state index in [1.807, 2.05) is 0 Å². The number of piperazine rings is 1. The minimum absolute atomic E-state index is 0.0527. The van der Waals surface area contributed by atoms with Gasteiger partial charge in [0, 0.05) is 51.1 Å². The summed E-state index contributed by atoms with van der Waals surface area (Å²) in [4.78, 5) is 29.8. The number of hydrogen-bond donors (Lipinski definition) is 0. The summed E-state index contributed by atoms with van der Waals surface area (Å²) in [5, 5.41) is 0. The average molecular weight is 462 g/mol. The smallest absolute Gasteiger partial charge is 0.243 e. The predicted molar refractivity (Wildman–Crippen MR) is 122 cm³/mol. The van der Waals surface area contributed by atoms with Crippen molar-refractivity contribution in [3.8, 4) is 0 Å². The Bertz CT molecular complexity index is 900. The molecule has 8 heteroatoms. The van der Waals surface area contributed by atoms with Crippen LogP contribution < -0.4 is 0 Å². The zero-order chi connectivity index (χ0) is 22.7. The van der Waals surface area contributed by atoms with Gasteiger partial charge in [-0.1, -0.05) is 25.1 Å². The lowest BCUT2D eigenvalue weighted by atomic mass is 9.86. The Labute approximate surface area is 191 Å². The molecule has 3 aliphatic rings. The van der Waals surface area contributed by atoms with Gasteiger partial charge in [-0.3, -0.25) is 9.59 Å². The van der Waals surface area contributed by atoms with Crippen LogP contribution in [-0.2, 0) is 19.6 Å². The fraction of sp³-hybridized carbons (Fsp3) is 0.667. The van der Waals surface area contributed by atoms with Crippen molar-refractivity contribution in [3.05, 3.63) is 30.3 Å². The molecule has 0 radical (unpaired) electrons. The van der Waals surface area contributed by atoms with E-state index >= 15 is 0 Å². The Morgan fingerprint density at radius 3 is 2.00 bits per heavy atom. The van der Waals surface area contributed by atoms with Crippen LogP contribution in [0.5, 0.6) is 0 Å². The first-order valence-electron chi connectivity index (χ1n) is 12.0. The van der Waals surface area contributed by atoms with Gasteiger partial charge in [0.2, 0.25) is 21.8 Å². The third kappa shape index (κ3) is 5.34. The molecule has 2 amide bonds. The molecule has 32 heavy (non-hydrogen) atoms. The van der Waals surface area contributed by atoms with E-state index in [0.29, 0.717) is 25.2 Å². The maximum Gasteiger partial charge on any atom is 0.243 e. The predicted octanol–water partition coefficient (Wildman–Crippen LogP) is 2.87. The molecule has 7 nitrogen and oxygen atoms in total. The molecular weight excluding hydrogens is 426 g/mol. The molecule has 4 rings (SSSR count). The maximum absolute atomic E-state index is 13.0. The van der Waals surface area contributed by atoms with Gasteiger partial charge in [-0.05, 0) is 56.6 Å². The summed E-state index contributed by atoms with van der Waals surface area (Å²) in [6.07, 6.45) is 7.14. The molecule has 0 atom stereocenters. The Morgan fingerprint density at radius 2 is 1.44 bits per heavy atom. The molecule has 0 aromatic heterocycles.